The Morgan fingerprint density at radius 1 is 1.53 bits per heavy atom. The fourth-order valence-electron chi connectivity index (χ4n) is 2.14. The van der Waals surface area contributed by atoms with Crippen LogP contribution in [0.2, 0.25) is 0 Å². The Balaban J connectivity index is 2.07. The van der Waals surface area contributed by atoms with Crippen molar-refractivity contribution in [1.82, 2.24) is 4.98 Å². The maximum absolute atomic E-state index is 10.9. The zero-order chi connectivity index (χ0) is 12.5. The van der Waals surface area contributed by atoms with E-state index >= 15 is 0 Å². The van der Waals surface area contributed by atoms with Crippen LogP contribution in [0.3, 0.4) is 0 Å². The van der Waals surface area contributed by atoms with Crippen LogP contribution in [0.15, 0.2) is 12.1 Å². The summed E-state index contributed by atoms with van der Waals surface area (Å²) >= 11 is 0. The number of nitrogens with one attached hydrogen (secondary N) is 1. The third-order valence-corrected chi connectivity index (χ3v) is 3.46. The molecule has 0 spiro atoms. The van der Waals surface area contributed by atoms with Gasteiger partial charge in [0.05, 0.1) is 5.56 Å². The van der Waals surface area contributed by atoms with E-state index in [0.717, 1.165) is 12.2 Å². The van der Waals surface area contributed by atoms with Crippen LogP contribution < -0.4 is 5.32 Å². The monoisotopic (exact) mass is 234 g/mol. The lowest BCUT2D eigenvalue weighted by atomic mass is 9.70. The number of carboxylic acid groups (broad SMARTS) is 1. The van der Waals surface area contributed by atoms with E-state index in [-0.39, 0.29) is 0 Å². The molecular formula is C13H18N2O2. The molecular weight excluding hydrogens is 216 g/mol. The molecule has 0 amide bonds. The first kappa shape index (κ1) is 11.9. The van der Waals surface area contributed by atoms with E-state index in [9.17, 15) is 4.79 Å². The molecule has 0 unspecified atom stereocenters. The highest BCUT2D eigenvalue weighted by Crippen LogP contribution is 2.40. The standard InChI is InChI=1S/C13H18N2O2/c1-9-6-10(12(16)17)7-11(15-9)14-8-13(2)4-3-5-13/h6-7H,3-5,8H2,1-2H3,(H,14,15)(H,16,17). The predicted octanol–water partition coefficient (Wildman–Crippen LogP) is 2.69. The van der Waals surface area contributed by atoms with Gasteiger partial charge in [0.25, 0.3) is 0 Å². The topological polar surface area (TPSA) is 62.2 Å². The first-order valence-corrected chi connectivity index (χ1v) is 5.94. The number of aryl methyl sites for hydroxylation is 1. The third kappa shape index (κ3) is 2.75. The minimum Gasteiger partial charge on any atom is -0.478 e. The van der Waals surface area contributed by atoms with Crippen molar-refractivity contribution >= 4 is 11.8 Å². The second kappa shape index (κ2) is 4.35. The molecule has 92 valence electrons. The van der Waals surface area contributed by atoms with Crippen LogP contribution in [0, 0.1) is 12.3 Å². The van der Waals surface area contributed by atoms with Gasteiger partial charge in [-0.05, 0) is 37.3 Å². The molecule has 0 aromatic carbocycles. The normalized spacial score (nSPS) is 17.3. The molecule has 17 heavy (non-hydrogen) atoms. The lowest BCUT2D eigenvalue weighted by molar-refractivity contribution is 0.0696. The third-order valence-electron chi connectivity index (χ3n) is 3.46. The van der Waals surface area contributed by atoms with Gasteiger partial charge in [-0.1, -0.05) is 13.3 Å². The Hall–Kier alpha value is -1.58. The minimum absolute atomic E-state index is 0.291. The second-order valence-corrected chi connectivity index (χ2v) is 5.21. The Bertz CT molecular complexity index is 439. The van der Waals surface area contributed by atoms with Crippen molar-refractivity contribution in [3.05, 3.63) is 23.4 Å². The van der Waals surface area contributed by atoms with Crippen molar-refractivity contribution in [2.24, 2.45) is 5.41 Å². The van der Waals surface area contributed by atoms with E-state index in [1.165, 1.54) is 19.3 Å². The highest BCUT2D eigenvalue weighted by atomic mass is 16.4. The fourth-order valence-corrected chi connectivity index (χ4v) is 2.14. The SMILES string of the molecule is Cc1cc(C(=O)O)cc(NCC2(C)CCC2)n1. The summed E-state index contributed by atoms with van der Waals surface area (Å²) in [4.78, 5) is 15.2. The Labute approximate surface area is 101 Å². The number of aromatic carboxylic acids is 1. The average Bonchev–Trinajstić information content (AvgIpc) is 2.23. The Kier molecular flexibility index (Phi) is 3.05. The van der Waals surface area contributed by atoms with E-state index in [1.807, 2.05) is 6.92 Å². The quantitative estimate of drug-likeness (QED) is 0.840. The summed E-state index contributed by atoms with van der Waals surface area (Å²) in [5.74, 6) is -0.246. The number of aromatic nitrogens is 1. The minimum atomic E-state index is -0.909. The maximum Gasteiger partial charge on any atom is 0.335 e. The molecule has 0 atom stereocenters. The summed E-state index contributed by atoms with van der Waals surface area (Å²) < 4.78 is 0. The molecule has 1 aliphatic carbocycles. The van der Waals surface area contributed by atoms with Crippen molar-refractivity contribution in [1.29, 1.82) is 0 Å². The molecule has 0 aliphatic heterocycles. The van der Waals surface area contributed by atoms with Crippen LogP contribution in [0.4, 0.5) is 5.82 Å². The van der Waals surface area contributed by atoms with Gasteiger partial charge in [0, 0.05) is 12.2 Å². The number of carboxylic acids is 1. The molecule has 1 aromatic heterocycles. The summed E-state index contributed by atoms with van der Waals surface area (Å²) in [6, 6.07) is 3.18. The molecule has 1 saturated carbocycles. The molecule has 1 aromatic rings. The summed E-state index contributed by atoms with van der Waals surface area (Å²) in [7, 11) is 0. The van der Waals surface area contributed by atoms with Crippen molar-refractivity contribution in [2.75, 3.05) is 11.9 Å². The lowest BCUT2D eigenvalue weighted by Crippen LogP contribution is -2.33. The van der Waals surface area contributed by atoms with Gasteiger partial charge in [-0.3, -0.25) is 0 Å². The second-order valence-electron chi connectivity index (χ2n) is 5.21. The summed E-state index contributed by atoms with van der Waals surface area (Å²) in [5, 5.41) is 12.2. The molecule has 4 heteroatoms. The number of nitrogens with zero attached hydrogens (tertiary/aromatic N) is 1. The van der Waals surface area contributed by atoms with Crippen molar-refractivity contribution < 1.29 is 9.90 Å². The van der Waals surface area contributed by atoms with Crippen molar-refractivity contribution in [2.45, 2.75) is 33.1 Å². The number of pyridine rings is 1. The summed E-state index contributed by atoms with van der Waals surface area (Å²) in [5.41, 5.74) is 1.37. The molecule has 4 nitrogen and oxygen atoms in total. The number of hydrogen-bond donors (Lipinski definition) is 2. The molecule has 0 saturated heterocycles. The zero-order valence-electron chi connectivity index (χ0n) is 10.3. The fraction of sp³-hybridized carbons (Fsp3) is 0.538. The average molecular weight is 234 g/mol. The molecule has 2 rings (SSSR count). The van der Waals surface area contributed by atoms with Gasteiger partial charge in [0.1, 0.15) is 5.82 Å². The number of carbonyl (C=O) groups is 1. The van der Waals surface area contributed by atoms with Gasteiger partial charge in [-0.2, -0.15) is 0 Å². The van der Waals surface area contributed by atoms with E-state index in [1.54, 1.807) is 12.1 Å². The first-order chi connectivity index (χ1) is 7.98. The summed E-state index contributed by atoms with van der Waals surface area (Å²) in [6.45, 7) is 4.92. The predicted molar refractivity (Wildman–Crippen MR) is 66.4 cm³/mol. The van der Waals surface area contributed by atoms with E-state index < -0.39 is 5.97 Å². The number of rotatable bonds is 4. The van der Waals surface area contributed by atoms with Gasteiger partial charge in [0.15, 0.2) is 0 Å². The van der Waals surface area contributed by atoms with Crippen LogP contribution in [-0.4, -0.2) is 22.6 Å². The van der Waals surface area contributed by atoms with Gasteiger partial charge in [-0.15, -0.1) is 0 Å². The summed E-state index contributed by atoms with van der Waals surface area (Å²) in [6.07, 6.45) is 3.76. The van der Waals surface area contributed by atoms with E-state index in [0.29, 0.717) is 16.8 Å². The Morgan fingerprint density at radius 3 is 2.76 bits per heavy atom. The molecule has 2 N–H and O–H groups in total. The van der Waals surface area contributed by atoms with Crippen LogP contribution in [0.5, 0.6) is 0 Å². The van der Waals surface area contributed by atoms with E-state index in [2.05, 4.69) is 17.2 Å². The number of hydrogen-bond acceptors (Lipinski definition) is 3. The Morgan fingerprint density at radius 2 is 2.24 bits per heavy atom. The number of anilines is 1. The van der Waals surface area contributed by atoms with Gasteiger partial charge in [-0.25, -0.2) is 9.78 Å². The molecule has 0 bridgehead atoms. The molecule has 1 heterocycles. The first-order valence-electron chi connectivity index (χ1n) is 5.94. The van der Waals surface area contributed by atoms with Crippen LogP contribution in [0.1, 0.15) is 42.2 Å². The van der Waals surface area contributed by atoms with Gasteiger partial charge in [0.2, 0.25) is 0 Å². The smallest absolute Gasteiger partial charge is 0.335 e. The van der Waals surface area contributed by atoms with Crippen LogP contribution in [-0.2, 0) is 0 Å². The van der Waals surface area contributed by atoms with Crippen molar-refractivity contribution in [3.8, 4) is 0 Å². The van der Waals surface area contributed by atoms with Crippen LogP contribution in [0.25, 0.3) is 0 Å². The lowest BCUT2D eigenvalue weighted by Gasteiger charge is -2.38. The van der Waals surface area contributed by atoms with Crippen molar-refractivity contribution in [3.63, 3.8) is 0 Å². The maximum atomic E-state index is 10.9. The molecule has 1 fully saturated rings. The molecule has 1 aliphatic rings. The van der Waals surface area contributed by atoms with E-state index in [4.69, 9.17) is 5.11 Å². The highest BCUT2D eigenvalue weighted by Gasteiger charge is 2.31. The molecule has 0 radical (unpaired) electrons. The van der Waals surface area contributed by atoms with Gasteiger partial charge < -0.3 is 10.4 Å². The highest BCUT2D eigenvalue weighted by molar-refractivity contribution is 5.88. The zero-order valence-corrected chi connectivity index (χ0v) is 10.3. The van der Waals surface area contributed by atoms with Crippen LogP contribution >= 0.6 is 0 Å². The van der Waals surface area contributed by atoms with Gasteiger partial charge >= 0.3 is 5.97 Å². The largest absolute Gasteiger partial charge is 0.478 e.